The van der Waals surface area contributed by atoms with E-state index in [9.17, 15) is 0 Å². The second-order valence-electron chi connectivity index (χ2n) is 2.63. The summed E-state index contributed by atoms with van der Waals surface area (Å²) in [5.41, 5.74) is 14.3. The highest BCUT2D eigenvalue weighted by Crippen LogP contribution is 2.12. The van der Waals surface area contributed by atoms with Gasteiger partial charge in [0.2, 0.25) is 5.28 Å². The van der Waals surface area contributed by atoms with Gasteiger partial charge in [0.1, 0.15) is 5.82 Å². The van der Waals surface area contributed by atoms with E-state index in [1.165, 1.54) is 6.20 Å². The number of nitrogens with zero attached hydrogens (tertiary/aromatic N) is 5. The highest BCUT2D eigenvalue weighted by molar-refractivity contribution is 6.28. The number of halogens is 1. The Kier molecular flexibility index (Phi) is 4.40. The van der Waals surface area contributed by atoms with Crippen LogP contribution in [-0.4, -0.2) is 16.5 Å². The zero-order valence-corrected chi connectivity index (χ0v) is 8.59. The van der Waals surface area contributed by atoms with E-state index in [1.54, 1.807) is 6.08 Å². The normalized spacial score (nSPS) is 10.2. The smallest absolute Gasteiger partial charge is 0.224 e. The number of hydrogen-bond acceptors (Lipinski definition) is 4. The van der Waals surface area contributed by atoms with Crippen molar-refractivity contribution in [1.29, 1.82) is 0 Å². The van der Waals surface area contributed by atoms with Gasteiger partial charge in [0.05, 0.1) is 0 Å². The van der Waals surface area contributed by atoms with E-state index in [4.69, 9.17) is 22.9 Å². The van der Waals surface area contributed by atoms with Gasteiger partial charge in [-0.3, -0.25) is 0 Å². The summed E-state index contributed by atoms with van der Waals surface area (Å²) in [5.74, 6) is 0.329. The maximum absolute atomic E-state index is 8.04. The predicted octanol–water partition coefficient (Wildman–Crippen LogP) is 2.43. The standard InChI is InChI=1S/C8H9ClN6/c9-8-12-5-6(7(10)14-8)3-1-2-4-13-15-11/h1,3,5H,2,4H2,(H2,10,12,14). The fourth-order valence-corrected chi connectivity index (χ4v) is 1.04. The van der Waals surface area contributed by atoms with Gasteiger partial charge in [-0.05, 0) is 23.6 Å². The maximum Gasteiger partial charge on any atom is 0.224 e. The average Bonchev–Trinajstić information content (AvgIpc) is 2.20. The van der Waals surface area contributed by atoms with Crippen LogP contribution in [0.15, 0.2) is 17.4 Å². The van der Waals surface area contributed by atoms with Crippen molar-refractivity contribution in [3.63, 3.8) is 0 Å². The molecule has 1 aromatic heterocycles. The summed E-state index contributed by atoms with van der Waals surface area (Å²) in [5, 5.41) is 3.51. The third kappa shape index (κ3) is 3.84. The van der Waals surface area contributed by atoms with Gasteiger partial charge in [-0.2, -0.15) is 0 Å². The molecule has 0 unspecified atom stereocenters. The lowest BCUT2D eigenvalue weighted by Crippen LogP contribution is -1.95. The maximum atomic E-state index is 8.04. The molecule has 0 aliphatic carbocycles. The first kappa shape index (κ1) is 11.3. The Bertz CT molecular complexity index is 410. The van der Waals surface area contributed by atoms with Crippen molar-refractivity contribution in [2.24, 2.45) is 5.11 Å². The van der Waals surface area contributed by atoms with Crippen LogP contribution >= 0.6 is 11.6 Å². The van der Waals surface area contributed by atoms with Crippen LogP contribution in [0.4, 0.5) is 5.82 Å². The topological polar surface area (TPSA) is 101 Å². The van der Waals surface area contributed by atoms with Crippen molar-refractivity contribution >= 4 is 23.5 Å². The summed E-state index contributed by atoms with van der Waals surface area (Å²) in [6.45, 7) is 0.418. The molecule has 0 radical (unpaired) electrons. The van der Waals surface area contributed by atoms with E-state index in [2.05, 4.69) is 20.0 Å². The summed E-state index contributed by atoms with van der Waals surface area (Å²) >= 11 is 5.54. The van der Waals surface area contributed by atoms with Crippen molar-refractivity contribution in [3.05, 3.63) is 33.6 Å². The molecule has 6 nitrogen and oxygen atoms in total. The van der Waals surface area contributed by atoms with E-state index < -0.39 is 0 Å². The Labute approximate surface area is 91.4 Å². The van der Waals surface area contributed by atoms with Crippen LogP contribution in [0, 0.1) is 0 Å². The third-order valence-electron chi connectivity index (χ3n) is 1.58. The van der Waals surface area contributed by atoms with Crippen molar-refractivity contribution in [3.8, 4) is 0 Å². The number of anilines is 1. The quantitative estimate of drug-likeness (QED) is 0.279. The van der Waals surface area contributed by atoms with Gasteiger partial charge >= 0.3 is 0 Å². The first-order valence-corrected chi connectivity index (χ1v) is 4.57. The van der Waals surface area contributed by atoms with Crippen LogP contribution < -0.4 is 5.73 Å². The third-order valence-corrected chi connectivity index (χ3v) is 1.76. The van der Waals surface area contributed by atoms with E-state index in [0.29, 0.717) is 24.3 Å². The summed E-state index contributed by atoms with van der Waals surface area (Å²) in [7, 11) is 0. The highest BCUT2D eigenvalue weighted by Gasteiger charge is 1.97. The minimum Gasteiger partial charge on any atom is -0.383 e. The summed E-state index contributed by atoms with van der Waals surface area (Å²) in [4.78, 5) is 10.2. The molecule has 0 spiro atoms. The van der Waals surface area contributed by atoms with E-state index >= 15 is 0 Å². The molecule has 1 heterocycles. The van der Waals surface area contributed by atoms with Gasteiger partial charge in [0.25, 0.3) is 0 Å². The lowest BCUT2D eigenvalue weighted by Gasteiger charge is -1.97. The van der Waals surface area contributed by atoms with Crippen LogP contribution in [0.1, 0.15) is 12.0 Å². The number of hydrogen-bond donors (Lipinski definition) is 1. The fourth-order valence-electron chi connectivity index (χ4n) is 0.897. The molecule has 15 heavy (non-hydrogen) atoms. The highest BCUT2D eigenvalue weighted by atomic mass is 35.5. The van der Waals surface area contributed by atoms with E-state index in [-0.39, 0.29) is 5.28 Å². The Morgan fingerprint density at radius 1 is 1.67 bits per heavy atom. The Morgan fingerprint density at radius 2 is 2.47 bits per heavy atom. The molecule has 0 aromatic carbocycles. The Morgan fingerprint density at radius 3 is 3.13 bits per heavy atom. The second kappa shape index (κ2) is 5.85. The molecular weight excluding hydrogens is 216 g/mol. The molecule has 0 fully saturated rings. The number of nitrogen functional groups attached to an aromatic ring is 1. The molecular formula is C8H9ClN6. The van der Waals surface area contributed by atoms with Crippen LogP contribution in [-0.2, 0) is 0 Å². The summed E-state index contributed by atoms with van der Waals surface area (Å²) in [6, 6.07) is 0. The number of aromatic nitrogens is 2. The van der Waals surface area contributed by atoms with Gasteiger partial charge in [-0.25, -0.2) is 9.97 Å². The van der Waals surface area contributed by atoms with Gasteiger partial charge in [-0.15, -0.1) is 0 Å². The molecule has 7 heteroatoms. The molecule has 0 bridgehead atoms. The molecule has 0 amide bonds. The SMILES string of the molecule is [N-]=[N+]=NCCC=Cc1cnc(Cl)nc1N. The lowest BCUT2D eigenvalue weighted by molar-refractivity contribution is 0.995. The Hall–Kier alpha value is -1.78. The van der Waals surface area contributed by atoms with Gasteiger partial charge in [0, 0.05) is 23.2 Å². The Balaban J connectivity index is 2.60. The molecule has 1 aromatic rings. The summed E-state index contributed by atoms with van der Waals surface area (Å²) in [6.07, 6.45) is 5.77. The molecule has 78 valence electrons. The molecule has 0 atom stereocenters. The zero-order valence-electron chi connectivity index (χ0n) is 7.84. The molecule has 0 aliphatic rings. The van der Waals surface area contributed by atoms with Gasteiger partial charge < -0.3 is 5.73 Å². The first-order chi connectivity index (χ1) is 7.24. The van der Waals surface area contributed by atoms with Crippen LogP contribution in [0.5, 0.6) is 0 Å². The molecule has 0 aliphatic heterocycles. The molecule has 2 N–H and O–H groups in total. The number of azide groups is 1. The zero-order chi connectivity index (χ0) is 11.1. The minimum absolute atomic E-state index is 0.124. The van der Waals surface area contributed by atoms with Crippen molar-refractivity contribution < 1.29 is 0 Å². The van der Waals surface area contributed by atoms with Gasteiger partial charge in [0.15, 0.2) is 0 Å². The van der Waals surface area contributed by atoms with Crippen molar-refractivity contribution in [2.75, 3.05) is 12.3 Å². The molecule has 1 rings (SSSR count). The van der Waals surface area contributed by atoms with Crippen molar-refractivity contribution in [2.45, 2.75) is 6.42 Å². The van der Waals surface area contributed by atoms with E-state index in [1.807, 2.05) is 6.08 Å². The first-order valence-electron chi connectivity index (χ1n) is 4.19. The number of nitrogens with two attached hydrogens (primary N) is 1. The molecule has 0 saturated heterocycles. The van der Waals surface area contributed by atoms with Crippen LogP contribution in [0.25, 0.3) is 16.5 Å². The van der Waals surface area contributed by atoms with E-state index in [0.717, 1.165) is 0 Å². The molecule has 0 saturated carbocycles. The largest absolute Gasteiger partial charge is 0.383 e. The average molecular weight is 225 g/mol. The minimum atomic E-state index is 0.124. The van der Waals surface area contributed by atoms with Gasteiger partial charge in [-0.1, -0.05) is 17.3 Å². The lowest BCUT2D eigenvalue weighted by atomic mass is 10.2. The van der Waals surface area contributed by atoms with Crippen LogP contribution in [0.3, 0.4) is 0 Å². The fraction of sp³-hybridized carbons (Fsp3) is 0.250. The predicted molar refractivity (Wildman–Crippen MR) is 59.1 cm³/mol. The monoisotopic (exact) mass is 224 g/mol. The number of rotatable bonds is 4. The van der Waals surface area contributed by atoms with Crippen molar-refractivity contribution in [1.82, 2.24) is 9.97 Å². The second-order valence-corrected chi connectivity index (χ2v) is 2.96. The summed E-state index contributed by atoms with van der Waals surface area (Å²) < 4.78 is 0. The van der Waals surface area contributed by atoms with Crippen LogP contribution in [0.2, 0.25) is 5.28 Å².